The van der Waals surface area contributed by atoms with Gasteiger partial charge in [-0.1, -0.05) is 60.1 Å². The van der Waals surface area contributed by atoms with Gasteiger partial charge in [-0.25, -0.2) is 0 Å². The highest BCUT2D eigenvalue weighted by molar-refractivity contribution is 9.09. The summed E-state index contributed by atoms with van der Waals surface area (Å²) in [6, 6.07) is 13.0. The van der Waals surface area contributed by atoms with Gasteiger partial charge in [-0.15, -0.1) is 0 Å². The number of hydrogen-bond donors (Lipinski definition) is 0. The summed E-state index contributed by atoms with van der Waals surface area (Å²) < 4.78 is 6.59. The highest BCUT2D eigenvalue weighted by Gasteiger charge is 2.54. The smallest absolute Gasteiger partial charge is 0.123 e. The Morgan fingerprint density at radius 2 is 1.86 bits per heavy atom. The van der Waals surface area contributed by atoms with Crippen molar-refractivity contribution in [2.24, 2.45) is 11.3 Å². The van der Waals surface area contributed by atoms with Crippen LogP contribution >= 0.6 is 15.9 Å². The summed E-state index contributed by atoms with van der Waals surface area (Å²) in [7, 11) is 0. The molecule has 0 unspecified atom stereocenters. The average molecular weight is 359 g/mol. The minimum Gasteiger partial charge on any atom is -0.487 e. The van der Waals surface area contributed by atoms with Crippen LogP contribution in [-0.4, -0.2) is 10.4 Å². The lowest BCUT2D eigenvalue weighted by Gasteiger charge is -2.55. The van der Waals surface area contributed by atoms with Crippen molar-refractivity contribution in [1.82, 2.24) is 0 Å². The van der Waals surface area contributed by atoms with E-state index in [1.807, 2.05) is 0 Å². The Hall–Kier alpha value is -1.02. The van der Waals surface area contributed by atoms with Gasteiger partial charge in [0, 0.05) is 16.3 Å². The first-order chi connectivity index (χ1) is 10.4. The van der Waals surface area contributed by atoms with Crippen molar-refractivity contribution in [1.29, 1.82) is 0 Å². The first-order valence-electron chi connectivity index (χ1n) is 8.25. The number of rotatable bonds is 0. The molecule has 1 nitrogen and oxygen atoms in total. The monoisotopic (exact) mass is 358 g/mol. The summed E-state index contributed by atoms with van der Waals surface area (Å²) in [5.41, 5.74) is 1.60. The lowest BCUT2D eigenvalue weighted by molar-refractivity contribution is -0.0768. The van der Waals surface area contributed by atoms with Crippen LogP contribution in [0.25, 0.3) is 10.8 Å². The molecule has 0 spiro atoms. The average Bonchev–Trinajstić information content (AvgIpc) is 2.50. The molecule has 22 heavy (non-hydrogen) atoms. The minimum atomic E-state index is -0.0385. The summed E-state index contributed by atoms with van der Waals surface area (Å²) in [5.74, 6) is 1.64. The van der Waals surface area contributed by atoms with Gasteiger partial charge in [-0.3, -0.25) is 0 Å². The maximum atomic E-state index is 6.59. The van der Waals surface area contributed by atoms with Gasteiger partial charge in [-0.05, 0) is 48.4 Å². The molecule has 0 N–H and O–H groups in total. The Balaban J connectivity index is 1.88. The van der Waals surface area contributed by atoms with Crippen LogP contribution in [0.4, 0.5) is 0 Å². The quantitative estimate of drug-likeness (QED) is 0.546. The first-order valence-corrected chi connectivity index (χ1v) is 9.17. The van der Waals surface area contributed by atoms with Crippen molar-refractivity contribution >= 4 is 26.7 Å². The molecule has 1 saturated carbocycles. The zero-order valence-corrected chi connectivity index (χ0v) is 15.1. The van der Waals surface area contributed by atoms with Crippen LogP contribution in [0.2, 0.25) is 0 Å². The molecule has 1 aliphatic carbocycles. The molecule has 0 aromatic heterocycles. The molecular formula is C20H23BrO. The van der Waals surface area contributed by atoms with E-state index >= 15 is 0 Å². The molecule has 2 aromatic rings. The lowest BCUT2D eigenvalue weighted by atomic mass is 9.59. The second kappa shape index (κ2) is 4.74. The number of fused-ring (bicyclic) bond motifs is 4. The number of halogens is 1. The molecule has 2 aromatic carbocycles. The Labute approximate surface area is 141 Å². The van der Waals surface area contributed by atoms with Gasteiger partial charge in [0.05, 0.1) is 0 Å². The van der Waals surface area contributed by atoms with Gasteiger partial charge in [0.25, 0.3) is 0 Å². The highest BCUT2D eigenvalue weighted by Crippen LogP contribution is 2.55. The van der Waals surface area contributed by atoms with Crippen LogP contribution in [0.3, 0.4) is 0 Å². The highest BCUT2D eigenvalue weighted by atomic mass is 79.9. The minimum absolute atomic E-state index is 0.0385. The number of ether oxygens (including phenoxy) is 1. The van der Waals surface area contributed by atoms with Crippen molar-refractivity contribution in [2.75, 3.05) is 0 Å². The number of alkyl halides is 1. The van der Waals surface area contributed by atoms with E-state index in [0.29, 0.717) is 10.7 Å². The molecule has 116 valence electrons. The lowest BCUT2D eigenvalue weighted by Crippen LogP contribution is -2.57. The zero-order chi connectivity index (χ0) is 15.5. The summed E-state index contributed by atoms with van der Waals surface area (Å²) in [6.45, 7) is 7.11. The van der Waals surface area contributed by atoms with Crippen molar-refractivity contribution < 1.29 is 4.74 Å². The Morgan fingerprint density at radius 3 is 2.68 bits per heavy atom. The maximum absolute atomic E-state index is 6.59. The van der Waals surface area contributed by atoms with Crippen molar-refractivity contribution in [3.05, 3.63) is 42.0 Å². The molecule has 4 rings (SSSR count). The summed E-state index contributed by atoms with van der Waals surface area (Å²) >= 11 is 3.93. The van der Waals surface area contributed by atoms with Crippen LogP contribution in [-0.2, 0) is 6.42 Å². The fourth-order valence-electron chi connectivity index (χ4n) is 4.64. The van der Waals surface area contributed by atoms with E-state index in [1.165, 1.54) is 22.8 Å². The molecule has 0 saturated heterocycles. The Morgan fingerprint density at radius 1 is 1.09 bits per heavy atom. The van der Waals surface area contributed by atoms with Crippen LogP contribution < -0.4 is 4.74 Å². The molecule has 0 radical (unpaired) electrons. The largest absolute Gasteiger partial charge is 0.487 e. The van der Waals surface area contributed by atoms with Gasteiger partial charge < -0.3 is 4.74 Å². The van der Waals surface area contributed by atoms with E-state index in [2.05, 4.69) is 73.1 Å². The van der Waals surface area contributed by atoms with Gasteiger partial charge in [-0.2, -0.15) is 0 Å². The molecular weight excluding hydrogens is 336 g/mol. The van der Waals surface area contributed by atoms with E-state index in [0.717, 1.165) is 18.6 Å². The third-order valence-electron chi connectivity index (χ3n) is 6.09. The topological polar surface area (TPSA) is 9.23 Å². The van der Waals surface area contributed by atoms with Gasteiger partial charge >= 0.3 is 0 Å². The Bertz CT molecular complexity index is 736. The molecule has 2 aliphatic rings. The normalized spacial score (nSPS) is 32.9. The van der Waals surface area contributed by atoms with E-state index in [9.17, 15) is 0 Å². The van der Waals surface area contributed by atoms with E-state index in [4.69, 9.17) is 4.74 Å². The van der Waals surface area contributed by atoms with Crippen LogP contribution in [0, 0.1) is 11.3 Å². The second-order valence-electron chi connectivity index (χ2n) is 7.76. The second-order valence-corrected chi connectivity index (χ2v) is 8.87. The maximum Gasteiger partial charge on any atom is 0.123 e. The summed E-state index contributed by atoms with van der Waals surface area (Å²) in [6.07, 6.45) is 3.43. The third kappa shape index (κ3) is 1.96. The molecule has 0 amide bonds. The molecule has 1 fully saturated rings. The summed E-state index contributed by atoms with van der Waals surface area (Å²) in [4.78, 5) is 0.568. The van der Waals surface area contributed by atoms with E-state index in [1.54, 1.807) is 0 Å². The first kappa shape index (κ1) is 14.6. The zero-order valence-electron chi connectivity index (χ0n) is 13.5. The fourth-order valence-corrected chi connectivity index (χ4v) is 5.19. The van der Waals surface area contributed by atoms with E-state index < -0.39 is 0 Å². The van der Waals surface area contributed by atoms with Crippen molar-refractivity contribution in [3.63, 3.8) is 0 Å². The van der Waals surface area contributed by atoms with Crippen LogP contribution in [0.15, 0.2) is 36.4 Å². The van der Waals surface area contributed by atoms with Crippen LogP contribution in [0.1, 0.15) is 39.2 Å². The SMILES string of the molecule is CC1(C)[C@H](Br)CC[C@@]2(C)Oc3ccc4ccccc4c3C[C@H]12. The predicted molar refractivity (Wildman–Crippen MR) is 95.9 cm³/mol. The standard InChI is InChI=1S/C20H23BrO/c1-19(2)17-12-15-14-7-5-4-6-13(14)8-9-16(15)22-20(17,3)11-10-18(19)21/h4-9,17-18H,10-12H2,1-3H3/t17-,18-,20-/m1/s1. The predicted octanol–water partition coefficient (Wildman–Crippen LogP) is 5.73. The molecule has 0 bridgehead atoms. The van der Waals surface area contributed by atoms with Gasteiger partial charge in [0.1, 0.15) is 11.4 Å². The van der Waals surface area contributed by atoms with Crippen molar-refractivity contribution in [2.45, 2.75) is 50.5 Å². The third-order valence-corrected chi connectivity index (χ3v) is 7.72. The molecule has 2 heteroatoms. The van der Waals surface area contributed by atoms with Gasteiger partial charge in [0.15, 0.2) is 0 Å². The van der Waals surface area contributed by atoms with Crippen LogP contribution in [0.5, 0.6) is 5.75 Å². The number of hydrogen-bond acceptors (Lipinski definition) is 1. The molecule has 3 atom stereocenters. The summed E-state index contributed by atoms with van der Waals surface area (Å²) in [5, 5.41) is 2.67. The fraction of sp³-hybridized carbons (Fsp3) is 0.500. The Kier molecular flexibility index (Phi) is 3.14. The molecule has 1 aliphatic heterocycles. The van der Waals surface area contributed by atoms with Gasteiger partial charge in [0.2, 0.25) is 0 Å². The number of benzene rings is 2. The van der Waals surface area contributed by atoms with Crippen molar-refractivity contribution in [3.8, 4) is 5.75 Å². The molecule has 1 heterocycles. The van der Waals surface area contributed by atoms with E-state index in [-0.39, 0.29) is 11.0 Å².